The number of methoxy groups -OCH3 is 4. The molecule has 0 fully saturated rings. The Balaban J connectivity index is 0.000000602. The quantitative estimate of drug-likeness (QED) is 0.0306. The number of benzene rings is 4. The molecule has 2 atom stereocenters. The summed E-state index contributed by atoms with van der Waals surface area (Å²) in [6, 6.07) is 24.2. The van der Waals surface area contributed by atoms with Crippen molar-refractivity contribution in [2.24, 2.45) is 11.8 Å². The van der Waals surface area contributed by atoms with Crippen molar-refractivity contribution in [3.63, 3.8) is 0 Å². The first-order chi connectivity index (χ1) is 29.0. The predicted molar refractivity (Wildman–Crippen MR) is 231 cm³/mol. The van der Waals surface area contributed by atoms with E-state index in [1.54, 1.807) is 87.9 Å². The zero-order valence-corrected chi connectivity index (χ0v) is 37.0. The molecule has 2 amide bonds. The Morgan fingerprint density at radius 1 is 0.548 bits per heavy atom. The van der Waals surface area contributed by atoms with Gasteiger partial charge in [0.1, 0.15) is 23.3 Å². The van der Waals surface area contributed by atoms with Gasteiger partial charge in [-0.2, -0.15) is 0 Å². The van der Waals surface area contributed by atoms with Crippen molar-refractivity contribution in [2.45, 2.75) is 72.1 Å². The minimum absolute atomic E-state index is 0. The van der Waals surface area contributed by atoms with Crippen LogP contribution in [0.25, 0.3) is 0 Å². The van der Waals surface area contributed by atoms with Gasteiger partial charge in [0, 0.05) is 12.1 Å². The number of unbranched alkanes of at least 4 members (excludes halogenated alkanes) is 4. The van der Waals surface area contributed by atoms with Gasteiger partial charge in [-0.1, -0.05) is 76.6 Å². The van der Waals surface area contributed by atoms with Crippen LogP contribution in [0.3, 0.4) is 0 Å². The SMILES string of the molecule is CCCCCC(C(=O)Nc1ccc(OC)cc1Oc1ccccc1OC)C(=O)OCC.CCCCCC(C(=O)O)C(=O)Nc1ccc(OC)cc1Oc1ccccc1OC.[Li+].[OH-]. The van der Waals surface area contributed by atoms with Crippen LogP contribution in [0, 0.1) is 11.8 Å². The van der Waals surface area contributed by atoms with Gasteiger partial charge >= 0.3 is 30.8 Å². The van der Waals surface area contributed by atoms with Crippen LogP contribution in [-0.2, 0) is 23.9 Å². The average Bonchev–Trinajstić information content (AvgIpc) is 3.25. The van der Waals surface area contributed by atoms with Gasteiger partial charge in [-0.05, 0) is 68.3 Å². The summed E-state index contributed by atoms with van der Waals surface area (Å²) < 4.78 is 38.3. The number of hydrogen-bond donors (Lipinski definition) is 3. The van der Waals surface area contributed by atoms with Crippen LogP contribution in [0.5, 0.6) is 46.0 Å². The molecular formula is C46H59LiN2O13. The van der Waals surface area contributed by atoms with E-state index in [1.807, 2.05) is 25.1 Å². The molecule has 15 nitrogen and oxygen atoms in total. The summed E-state index contributed by atoms with van der Waals surface area (Å²) in [5, 5.41) is 15.0. The zero-order valence-electron chi connectivity index (χ0n) is 37.0. The van der Waals surface area contributed by atoms with Crippen LogP contribution in [-0.4, -0.2) is 69.4 Å². The summed E-state index contributed by atoms with van der Waals surface area (Å²) in [5.74, 6) is -0.872. The monoisotopic (exact) mass is 854 g/mol. The molecule has 0 aliphatic heterocycles. The Labute approximate surface area is 376 Å². The minimum Gasteiger partial charge on any atom is -0.870 e. The number of para-hydroxylation sites is 4. The van der Waals surface area contributed by atoms with E-state index in [0.29, 0.717) is 70.2 Å². The number of rotatable bonds is 23. The van der Waals surface area contributed by atoms with Crippen LogP contribution in [0.4, 0.5) is 11.4 Å². The average molecular weight is 855 g/mol. The van der Waals surface area contributed by atoms with Crippen molar-refractivity contribution < 1.29 is 81.8 Å². The molecular weight excluding hydrogens is 795 g/mol. The fraction of sp³-hybridized carbons (Fsp3) is 0.391. The molecule has 0 saturated carbocycles. The smallest absolute Gasteiger partial charge is 0.870 e. The Kier molecular flexibility index (Phi) is 25.7. The molecule has 16 heteroatoms. The van der Waals surface area contributed by atoms with Crippen LogP contribution in [0.15, 0.2) is 84.9 Å². The molecule has 0 aliphatic carbocycles. The largest absolute Gasteiger partial charge is 1.00 e. The number of ether oxygens (including phenoxy) is 7. The molecule has 0 radical (unpaired) electrons. The second kappa shape index (κ2) is 29.4. The molecule has 2 unspecified atom stereocenters. The summed E-state index contributed by atoms with van der Waals surface area (Å²) >= 11 is 0. The van der Waals surface area contributed by atoms with Crippen LogP contribution < -0.4 is 57.9 Å². The number of nitrogens with one attached hydrogen (secondary N) is 2. The summed E-state index contributed by atoms with van der Waals surface area (Å²) in [7, 11) is 6.15. The van der Waals surface area contributed by atoms with Gasteiger partial charge in [0.2, 0.25) is 11.8 Å². The molecule has 0 saturated heterocycles. The number of carboxylic acid groups (broad SMARTS) is 1. The maximum absolute atomic E-state index is 13.0. The number of aliphatic carboxylic acids is 1. The molecule has 0 heterocycles. The molecule has 4 rings (SSSR count). The van der Waals surface area contributed by atoms with E-state index in [9.17, 15) is 24.3 Å². The maximum atomic E-state index is 13.0. The van der Waals surface area contributed by atoms with Crippen LogP contribution >= 0.6 is 0 Å². The molecule has 62 heavy (non-hydrogen) atoms. The summed E-state index contributed by atoms with van der Waals surface area (Å²) in [5.41, 5.74) is 0.768. The third kappa shape index (κ3) is 16.9. The van der Waals surface area contributed by atoms with Crippen LogP contribution in [0.2, 0.25) is 0 Å². The van der Waals surface area contributed by atoms with Gasteiger partial charge in [0.15, 0.2) is 34.5 Å². The molecule has 0 aromatic heterocycles. The predicted octanol–water partition coefficient (Wildman–Crippen LogP) is 6.74. The van der Waals surface area contributed by atoms with Crippen molar-refractivity contribution in [3.8, 4) is 46.0 Å². The number of carbonyl (C=O) groups is 4. The van der Waals surface area contributed by atoms with E-state index in [-0.39, 0.29) is 37.4 Å². The summed E-state index contributed by atoms with van der Waals surface area (Å²) in [6.07, 6.45) is 5.91. The summed E-state index contributed by atoms with van der Waals surface area (Å²) in [6.45, 7) is 6.04. The standard InChI is InChI=1S/C24H31NO6.C22H27NO6.Li.H2O/c1-5-7-8-11-18(24(27)30-6-2)23(26)25-19-15-14-17(28-3)16-22(19)31-21-13-10-9-12-20(21)29-4;1-4-5-6-9-16(22(25)26)21(24)23-17-13-12-15(27-2)14-20(17)29-19-11-8-7-10-18(19)28-3;;/h9-10,12-16,18H,5-8,11H2,1-4H3,(H,25,26);7-8,10-14,16H,4-6,9H2,1-3H3,(H,23,24)(H,25,26);;1H2/q;;+1;/p-1. The zero-order chi connectivity index (χ0) is 43.9. The molecule has 4 aromatic rings. The molecule has 0 aliphatic rings. The Morgan fingerprint density at radius 2 is 0.952 bits per heavy atom. The Hall–Kier alpha value is -5.88. The number of hydrogen-bond acceptors (Lipinski definition) is 12. The molecule has 4 aromatic carbocycles. The molecule has 0 bridgehead atoms. The van der Waals surface area contributed by atoms with E-state index in [2.05, 4.69) is 17.6 Å². The third-order valence-corrected chi connectivity index (χ3v) is 9.17. The number of carboxylic acids is 1. The van der Waals surface area contributed by atoms with Gasteiger partial charge in [-0.3, -0.25) is 19.2 Å². The van der Waals surface area contributed by atoms with E-state index in [0.717, 1.165) is 32.1 Å². The number of carbonyl (C=O) groups excluding carboxylic acids is 3. The van der Waals surface area contributed by atoms with E-state index in [4.69, 9.17) is 33.2 Å². The van der Waals surface area contributed by atoms with E-state index in [1.165, 1.54) is 14.2 Å². The molecule has 332 valence electrons. The molecule has 0 spiro atoms. The first kappa shape index (κ1) is 54.1. The fourth-order valence-corrected chi connectivity index (χ4v) is 5.88. The Bertz CT molecular complexity index is 1990. The number of anilines is 2. The topological polar surface area (TPSA) is 207 Å². The minimum atomic E-state index is -1.14. The van der Waals surface area contributed by atoms with Crippen molar-refractivity contribution in [2.75, 3.05) is 45.7 Å². The van der Waals surface area contributed by atoms with Crippen molar-refractivity contribution in [1.29, 1.82) is 0 Å². The van der Waals surface area contributed by atoms with Crippen molar-refractivity contribution >= 4 is 35.1 Å². The van der Waals surface area contributed by atoms with Gasteiger partial charge in [-0.25, -0.2) is 0 Å². The molecule has 4 N–H and O–H groups in total. The van der Waals surface area contributed by atoms with Gasteiger partial charge in [-0.15, -0.1) is 0 Å². The van der Waals surface area contributed by atoms with Gasteiger partial charge in [0.25, 0.3) is 0 Å². The van der Waals surface area contributed by atoms with Crippen molar-refractivity contribution in [1.82, 2.24) is 0 Å². The van der Waals surface area contributed by atoms with E-state index < -0.39 is 35.6 Å². The normalized spacial score (nSPS) is 11.0. The fourth-order valence-electron chi connectivity index (χ4n) is 5.88. The Morgan fingerprint density at radius 3 is 1.32 bits per heavy atom. The summed E-state index contributed by atoms with van der Waals surface area (Å²) in [4.78, 5) is 49.5. The van der Waals surface area contributed by atoms with Crippen molar-refractivity contribution in [3.05, 3.63) is 84.9 Å². The second-order valence-corrected chi connectivity index (χ2v) is 13.4. The first-order valence-corrected chi connectivity index (χ1v) is 20.0. The maximum Gasteiger partial charge on any atom is 1.00 e. The second-order valence-electron chi connectivity index (χ2n) is 13.4. The first-order valence-electron chi connectivity index (χ1n) is 20.0. The van der Waals surface area contributed by atoms with Crippen LogP contribution in [0.1, 0.15) is 72.1 Å². The van der Waals surface area contributed by atoms with Gasteiger partial charge in [0.05, 0.1) is 46.4 Å². The number of amides is 2. The van der Waals surface area contributed by atoms with Gasteiger partial charge < -0.3 is 54.4 Å². The van der Waals surface area contributed by atoms with E-state index >= 15 is 0 Å². The number of esters is 1. The third-order valence-electron chi connectivity index (χ3n) is 9.17.